The molecule has 5 rings (SSSR count). The van der Waals surface area contributed by atoms with E-state index in [-0.39, 0.29) is 6.42 Å². The SMILES string of the molecule is CC(/C=C/[C@@]1(O)C(C)(C)CCC[C@@]1(C)O[C@@H]1O[C@H](CO)[C@@H](O)[C@H](O)[C@H]1O)=C\C(=O)O[C@@H]1C[C@](C)(O)[C@H]2[C@H](O[C@@H]3O[C@H](CO)[C@@H](O)[C@H](O)[C@H]3O)OC=C[C@H]21. The van der Waals surface area contributed by atoms with Gasteiger partial charge in [0.25, 0.3) is 0 Å². The van der Waals surface area contributed by atoms with Crippen LogP contribution in [0.25, 0.3) is 0 Å². The molecule has 17 heteroatoms. The number of carbonyl (C=O) groups is 1. The Balaban J connectivity index is 1.28. The van der Waals surface area contributed by atoms with Crippen LogP contribution in [0.2, 0.25) is 0 Å². The highest BCUT2D eigenvalue weighted by atomic mass is 16.8. The van der Waals surface area contributed by atoms with Crippen LogP contribution in [0.1, 0.15) is 60.3 Å². The summed E-state index contributed by atoms with van der Waals surface area (Å²) in [6, 6.07) is 0. The van der Waals surface area contributed by atoms with E-state index >= 15 is 0 Å². The van der Waals surface area contributed by atoms with Crippen molar-refractivity contribution < 1.29 is 84.3 Å². The van der Waals surface area contributed by atoms with Crippen molar-refractivity contribution in [1.82, 2.24) is 0 Å². The highest BCUT2D eigenvalue weighted by molar-refractivity contribution is 5.83. The van der Waals surface area contributed by atoms with Gasteiger partial charge in [-0.3, -0.25) is 0 Å². The third-order valence-electron chi connectivity index (χ3n) is 11.8. The van der Waals surface area contributed by atoms with Crippen LogP contribution in [0.3, 0.4) is 0 Å². The number of fused-ring (bicyclic) bond motifs is 1. The number of esters is 1. The number of carbonyl (C=O) groups excluding carboxylic acids is 1. The van der Waals surface area contributed by atoms with Crippen LogP contribution in [0.5, 0.6) is 0 Å². The standard InChI is InChI=1S/C36H56O17/c1-17(7-11-36(47)33(2,3)9-6-10-35(36,5)53-32-29(45)27(43)25(41)21(16-38)51-32)13-22(39)49-19-14-34(4,46)23-18(19)8-12-48-30(23)52-31-28(44)26(42)24(40)20(15-37)50-31/h7-8,11-13,18-21,23-32,37-38,40-47H,6,9-10,14-16H2,1-5H3/b11-7+,17-13+/t18-,19+,20+,21+,23+,24+,25+,26-,27-,28+,29+,30-,31-,32-,34-,35+,36+/m0/s1. The lowest BCUT2D eigenvalue weighted by Gasteiger charge is -2.57. The monoisotopic (exact) mass is 760 g/mol. The van der Waals surface area contributed by atoms with Gasteiger partial charge >= 0.3 is 5.97 Å². The molecule has 0 radical (unpaired) electrons. The van der Waals surface area contributed by atoms with Crippen LogP contribution in [-0.2, 0) is 33.2 Å². The molecule has 0 aromatic rings. The van der Waals surface area contributed by atoms with Gasteiger partial charge in [-0.05, 0) is 63.2 Å². The first-order valence-electron chi connectivity index (χ1n) is 18.0. The van der Waals surface area contributed by atoms with Crippen molar-refractivity contribution in [2.45, 2.75) is 151 Å². The first-order valence-corrected chi connectivity index (χ1v) is 18.0. The van der Waals surface area contributed by atoms with E-state index in [1.165, 1.54) is 31.4 Å². The fraction of sp³-hybridized carbons (Fsp3) is 0.806. The first-order chi connectivity index (χ1) is 24.7. The number of aliphatic hydroxyl groups is 10. The molecule has 0 spiro atoms. The summed E-state index contributed by atoms with van der Waals surface area (Å²) < 4.78 is 34.5. The fourth-order valence-corrected chi connectivity index (χ4v) is 8.50. The van der Waals surface area contributed by atoms with Gasteiger partial charge in [0.05, 0.1) is 31.0 Å². The molecule has 2 saturated heterocycles. The van der Waals surface area contributed by atoms with E-state index in [1.54, 1.807) is 19.9 Å². The molecule has 3 heterocycles. The lowest BCUT2D eigenvalue weighted by atomic mass is 9.58. The molecule has 3 aliphatic heterocycles. The first kappa shape index (κ1) is 42.1. The molecular formula is C36H56O17. The zero-order valence-electron chi connectivity index (χ0n) is 30.5. The molecule has 0 bridgehead atoms. The zero-order valence-corrected chi connectivity index (χ0v) is 30.5. The summed E-state index contributed by atoms with van der Waals surface area (Å²) in [5.41, 5.74) is -5.00. The maximum Gasteiger partial charge on any atom is 0.331 e. The van der Waals surface area contributed by atoms with E-state index in [0.717, 1.165) is 0 Å². The maximum atomic E-state index is 13.2. The average Bonchev–Trinajstić information content (AvgIpc) is 3.36. The third-order valence-corrected chi connectivity index (χ3v) is 11.8. The Morgan fingerprint density at radius 2 is 1.42 bits per heavy atom. The van der Waals surface area contributed by atoms with E-state index in [2.05, 4.69) is 0 Å². The summed E-state index contributed by atoms with van der Waals surface area (Å²) in [5.74, 6) is -2.17. The second-order valence-corrected chi connectivity index (χ2v) is 16.1. The fourth-order valence-electron chi connectivity index (χ4n) is 8.50. The van der Waals surface area contributed by atoms with Crippen molar-refractivity contribution in [3.63, 3.8) is 0 Å². The molecule has 0 aromatic heterocycles. The predicted molar refractivity (Wildman–Crippen MR) is 180 cm³/mol. The lowest BCUT2D eigenvalue weighted by molar-refractivity contribution is -0.352. The molecule has 53 heavy (non-hydrogen) atoms. The van der Waals surface area contributed by atoms with Crippen molar-refractivity contribution in [3.05, 3.63) is 36.1 Å². The average molecular weight is 761 g/mol. The van der Waals surface area contributed by atoms with Gasteiger partial charge in [-0.25, -0.2) is 4.79 Å². The predicted octanol–water partition coefficient (Wildman–Crippen LogP) is -2.01. The number of ether oxygens (including phenoxy) is 6. The van der Waals surface area contributed by atoms with Gasteiger partial charge in [0.15, 0.2) is 12.6 Å². The van der Waals surface area contributed by atoms with Crippen LogP contribution in [0, 0.1) is 17.3 Å². The summed E-state index contributed by atoms with van der Waals surface area (Å²) in [6.45, 7) is 7.17. The second-order valence-electron chi connectivity index (χ2n) is 16.1. The van der Waals surface area contributed by atoms with Crippen LogP contribution in [-0.4, -0.2) is 161 Å². The molecule has 5 aliphatic rings. The molecular weight excluding hydrogens is 704 g/mol. The molecule has 2 saturated carbocycles. The van der Waals surface area contributed by atoms with E-state index in [4.69, 9.17) is 28.4 Å². The van der Waals surface area contributed by atoms with Crippen molar-refractivity contribution >= 4 is 5.97 Å². The highest BCUT2D eigenvalue weighted by Crippen LogP contribution is 2.53. The molecule has 302 valence electrons. The normalized spacial score (nSPS) is 48.7. The Kier molecular flexibility index (Phi) is 12.6. The third kappa shape index (κ3) is 7.97. The number of hydrogen-bond acceptors (Lipinski definition) is 17. The summed E-state index contributed by atoms with van der Waals surface area (Å²) in [5, 5.41) is 105. The maximum absolute atomic E-state index is 13.2. The number of aliphatic hydroxyl groups excluding tert-OH is 8. The summed E-state index contributed by atoms with van der Waals surface area (Å²) in [7, 11) is 0. The van der Waals surface area contributed by atoms with Crippen LogP contribution < -0.4 is 0 Å². The van der Waals surface area contributed by atoms with Gasteiger partial charge in [-0.15, -0.1) is 0 Å². The Hall–Kier alpha value is -2.07. The van der Waals surface area contributed by atoms with Crippen LogP contribution in [0.15, 0.2) is 36.1 Å². The van der Waals surface area contributed by atoms with Gasteiger partial charge in [0, 0.05) is 18.4 Å². The van der Waals surface area contributed by atoms with Crippen molar-refractivity contribution in [3.8, 4) is 0 Å². The van der Waals surface area contributed by atoms with Gasteiger partial charge in [0.1, 0.15) is 66.1 Å². The number of allylic oxidation sites excluding steroid dienone is 2. The topological polar surface area (TPSA) is 275 Å². The van der Waals surface area contributed by atoms with Crippen molar-refractivity contribution in [2.24, 2.45) is 17.3 Å². The van der Waals surface area contributed by atoms with E-state index < -0.39 is 127 Å². The van der Waals surface area contributed by atoms with E-state index in [9.17, 15) is 55.9 Å². The lowest BCUT2D eigenvalue weighted by Crippen LogP contribution is -2.67. The van der Waals surface area contributed by atoms with Gasteiger partial charge in [0.2, 0.25) is 6.29 Å². The Bertz CT molecular complexity index is 1380. The largest absolute Gasteiger partial charge is 0.472 e. The molecule has 17 atom stereocenters. The summed E-state index contributed by atoms with van der Waals surface area (Å²) >= 11 is 0. The van der Waals surface area contributed by atoms with Crippen molar-refractivity contribution in [1.29, 1.82) is 0 Å². The van der Waals surface area contributed by atoms with E-state index in [1.807, 2.05) is 13.8 Å². The summed E-state index contributed by atoms with van der Waals surface area (Å²) in [6.07, 6.45) is -8.66. The van der Waals surface area contributed by atoms with Gasteiger partial charge in [-0.1, -0.05) is 19.9 Å². The zero-order chi connectivity index (χ0) is 39.3. The van der Waals surface area contributed by atoms with Crippen LogP contribution in [0.4, 0.5) is 0 Å². The van der Waals surface area contributed by atoms with E-state index in [0.29, 0.717) is 24.8 Å². The Morgan fingerprint density at radius 1 is 0.830 bits per heavy atom. The molecule has 0 unspecified atom stereocenters. The quantitative estimate of drug-likeness (QED) is 0.0655. The minimum absolute atomic E-state index is 0.0133. The van der Waals surface area contributed by atoms with Crippen molar-refractivity contribution in [2.75, 3.05) is 13.2 Å². The molecule has 10 N–H and O–H groups in total. The minimum Gasteiger partial charge on any atom is -0.472 e. The smallest absolute Gasteiger partial charge is 0.331 e. The Morgan fingerprint density at radius 3 is 2.02 bits per heavy atom. The highest BCUT2D eigenvalue weighted by Gasteiger charge is 2.61. The minimum atomic E-state index is -1.71. The number of rotatable bonds is 10. The van der Waals surface area contributed by atoms with Gasteiger partial charge in [-0.2, -0.15) is 0 Å². The molecule has 17 nitrogen and oxygen atoms in total. The molecule has 2 aliphatic carbocycles. The van der Waals surface area contributed by atoms with Crippen LogP contribution >= 0.6 is 0 Å². The molecule has 4 fully saturated rings. The Labute approximate surface area is 307 Å². The van der Waals surface area contributed by atoms with Gasteiger partial charge < -0.3 is 79.5 Å². The molecule has 0 amide bonds. The number of hydrogen-bond donors (Lipinski definition) is 10. The molecule has 0 aromatic carbocycles. The summed E-state index contributed by atoms with van der Waals surface area (Å²) in [4.78, 5) is 13.2. The second kappa shape index (κ2) is 15.8.